The summed E-state index contributed by atoms with van der Waals surface area (Å²) in [5.41, 5.74) is 0.666. The lowest BCUT2D eigenvalue weighted by molar-refractivity contribution is -0.389. The monoisotopic (exact) mass is 300 g/mol. The molecular formula is C15H16N4O3. The summed E-state index contributed by atoms with van der Waals surface area (Å²) in [6.07, 6.45) is 4.65. The van der Waals surface area contributed by atoms with Crippen molar-refractivity contribution in [2.75, 3.05) is 13.1 Å². The van der Waals surface area contributed by atoms with E-state index < -0.39 is 4.92 Å². The number of hydrogen-bond acceptors (Lipinski definition) is 4. The lowest BCUT2D eigenvalue weighted by atomic mass is 10.0. The average molecular weight is 300 g/mol. The molecule has 2 heterocycles. The molecule has 114 valence electrons. The first-order valence-corrected chi connectivity index (χ1v) is 7.17. The largest absolute Gasteiger partial charge is 0.381 e. The van der Waals surface area contributed by atoms with Crippen LogP contribution in [0.3, 0.4) is 0 Å². The van der Waals surface area contributed by atoms with E-state index >= 15 is 0 Å². The number of aromatic nitrogens is 2. The second-order valence-electron chi connectivity index (χ2n) is 5.35. The molecule has 0 bridgehead atoms. The highest BCUT2D eigenvalue weighted by Gasteiger charge is 2.26. The van der Waals surface area contributed by atoms with Crippen molar-refractivity contribution in [3.63, 3.8) is 0 Å². The number of carbonyl (C=O) groups is 1. The summed E-state index contributed by atoms with van der Waals surface area (Å²) in [5, 5.41) is 10.7. The van der Waals surface area contributed by atoms with Gasteiger partial charge < -0.3 is 19.6 Å². The molecule has 1 saturated heterocycles. The predicted molar refractivity (Wildman–Crippen MR) is 79.5 cm³/mol. The lowest BCUT2D eigenvalue weighted by Crippen LogP contribution is -2.40. The molecule has 2 aromatic rings. The van der Waals surface area contributed by atoms with Gasteiger partial charge in [0.25, 0.3) is 5.91 Å². The van der Waals surface area contributed by atoms with Gasteiger partial charge in [0.2, 0.25) is 6.33 Å². The highest BCUT2D eigenvalue weighted by molar-refractivity contribution is 5.94. The molecule has 1 unspecified atom stereocenters. The number of piperidine rings is 1. The first kappa shape index (κ1) is 14.2. The number of likely N-dealkylation sites (tertiary alicyclic amines) is 1. The van der Waals surface area contributed by atoms with E-state index in [1.54, 1.807) is 21.6 Å². The van der Waals surface area contributed by atoms with Gasteiger partial charge in [-0.15, -0.1) is 0 Å². The SMILES string of the molecule is O=C(c1ccccc1)N1CCCC(n2cnc([N+](=O)[O-])c2)C1. The molecule has 0 spiro atoms. The summed E-state index contributed by atoms with van der Waals surface area (Å²) in [7, 11) is 0. The second kappa shape index (κ2) is 5.97. The minimum absolute atomic E-state index is 0.0000787. The van der Waals surface area contributed by atoms with Crippen molar-refractivity contribution in [2.24, 2.45) is 0 Å². The highest BCUT2D eigenvalue weighted by atomic mass is 16.6. The predicted octanol–water partition coefficient (Wildman–Crippen LogP) is 2.27. The summed E-state index contributed by atoms with van der Waals surface area (Å²) in [5.74, 6) is -0.161. The van der Waals surface area contributed by atoms with Crippen molar-refractivity contribution in [2.45, 2.75) is 18.9 Å². The zero-order valence-electron chi connectivity index (χ0n) is 12.0. The Kier molecular flexibility index (Phi) is 3.86. The zero-order chi connectivity index (χ0) is 15.5. The van der Waals surface area contributed by atoms with Gasteiger partial charge in [-0.3, -0.25) is 4.79 Å². The van der Waals surface area contributed by atoms with Gasteiger partial charge in [0.05, 0.1) is 6.04 Å². The van der Waals surface area contributed by atoms with Crippen molar-refractivity contribution in [3.8, 4) is 0 Å². The van der Waals surface area contributed by atoms with Crippen LogP contribution < -0.4 is 0 Å². The van der Waals surface area contributed by atoms with Crippen molar-refractivity contribution < 1.29 is 9.72 Å². The summed E-state index contributed by atoms with van der Waals surface area (Å²) in [4.78, 5) is 28.3. The maximum atomic E-state index is 12.5. The minimum atomic E-state index is -0.508. The normalized spacial score (nSPS) is 18.2. The van der Waals surface area contributed by atoms with Crippen LogP contribution in [0.25, 0.3) is 0 Å². The van der Waals surface area contributed by atoms with E-state index in [0.717, 1.165) is 12.8 Å². The zero-order valence-corrected chi connectivity index (χ0v) is 12.0. The number of imidazole rings is 1. The Morgan fingerprint density at radius 1 is 1.32 bits per heavy atom. The molecule has 1 aromatic carbocycles. The molecule has 1 aromatic heterocycles. The molecule has 3 rings (SSSR count). The Labute approximate surface area is 127 Å². The van der Waals surface area contributed by atoms with Crippen molar-refractivity contribution in [3.05, 3.63) is 58.5 Å². The van der Waals surface area contributed by atoms with Crippen molar-refractivity contribution >= 4 is 11.7 Å². The smallest absolute Gasteiger partial charge is 0.358 e. The van der Waals surface area contributed by atoms with E-state index in [0.29, 0.717) is 18.7 Å². The van der Waals surface area contributed by atoms with Gasteiger partial charge in [0.1, 0.15) is 6.20 Å². The van der Waals surface area contributed by atoms with Crippen LogP contribution in [0.2, 0.25) is 0 Å². The number of amides is 1. The van der Waals surface area contributed by atoms with E-state index in [1.807, 2.05) is 18.2 Å². The first-order valence-electron chi connectivity index (χ1n) is 7.17. The fourth-order valence-corrected chi connectivity index (χ4v) is 2.77. The first-order chi connectivity index (χ1) is 10.6. The van der Waals surface area contributed by atoms with Crippen molar-refractivity contribution in [1.29, 1.82) is 0 Å². The van der Waals surface area contributed by atoms with Crippen LogP contribution in [-0.4, -0.2) is 38.4 Å². The average Bonchev–Trinajstić information content (AvgIpc) is 3.05. The van der Waals surface area contributed by atoms with E-state index in [4.69, 9.17) is 0 Å². The number of hydrogen-bond donors (Lipinski definition) is 0. The van der Waals surface area contributed by atoms with Crippen LogP contribution in [0.4, 0.5) is 5.82 Å². The third-order valence-corrected chi connectivity index (χ3v) is 3.90. The van der Waals surface area contributed by atoms with Crippen LogP contribution >= 0.6 is 0 Å². The van der Waals surface area contributed by atoms with Gasteiger partial charge in [-0.25, -0.2) is 0 Å². The van der Waals surface area contributed by atoms with Crippen LogP contribution in [0, 0.1) is 10.1 Å². The number of benzene rings is 1. The fraction of sp³-hybridized carbons (Fsp3) is 0.333. The van der Waals surface area contributed by atoms with E-state index in [1.165, 1.54) is 12.5 Å². The maximum absolute atomic E-state index is 12.5. The molecule has 1 aliphatic rings. The van der Waals surface area contributed by atoms with E-state index in [9.17, 15) is 14.9 Å². The molecule has 1 atom stereocenters. The Bertz CT molecular complexity index is 683. The molecule has 1 aliphatic heterocycles. The van der Waals surface area contributed by atoms with Gasteiger partial charge in [-0.2, -0.15) is 0 Å². The fourth-order valence-electron chi connectivity index (χ4n) is 2.77. The van der Waals surface area contributed by atoms with E-state index in [-0.39, 0.29) is 17.8 Å². The molecule has 0 aliphatic carbocycles. The quantitative estimate of drug-likeness (QED) is 0.643. The minimum Gasteiger partial charge on any atom is -0.358 e. The highest BCUT2D eigenvalue weighted by Crippen LogP contribution is 2.24. The van der Waals surface area contributed by atoms with Crippen LogP contribution in [0.15, 0.2) is 42.9 Å². The second-order valence-corrected chi connectivity index (χ2v) is 5.35. The number of carbonyl (C=O) groups excluding carboxylic acids is 1. The van der Waals surface area contributed by atoms with Crippen LogP contribution in [0.5, 0.6) is 0 Å². The third kappa shape index (κ3) is 2.83. The Morgan fingerprint density at radius 3 is 2.77 bits per heavy atom. The topological polar surface area (TPSA) is 81.3 Å². The molecule has 1 amide bonds. The Balaban J connectivity index is 1.73. The molecule has 0 radical (unpaired) electrons. The van der Waals surface area contributed by atoms with Gasteiger partial charge in [0, 0.05) is 18.7 Å². The van der Waals surface area contributed by atoms with Crippen LogP contribution in [-0.2, 0) is 0 Å². The Morgan fingerprint density at radius 2 is 2.09 bits per heavy atom. The van der Waals surface area contributed by atoms with Gasteiger partial charge in [-0.1, -0.05) is 18.2 Å². The van der Waals surface area contributed by atoms with E-state index in [2.05, 4.69) is 4.98 Å². The molecule has 7 nitrogen and oxygen atoms in total. The third-order valence-electron chi connectivity index (χ3n) is 3.90. The number of nitro groups is 1. The van der Waals surface area contributed by atoms with Crippen LogP contribution in [0.1, 0.15) is 29.2 Å². The Hall–Kier alpha value is -2.70. The van der Waals surface area contributed by atoms with Crippen molar-refractivity contribution in [1.82, 2.24) is 14.5 Å². The molecular weight excluding hydrogens is 284 g/mol. The number of rotatable bonds is 3. The summed E-state index contributed by atoms with van der Waals surface area (Å²) >= 11 is 0. The lowest BCUT2D eigenvalue weighted by Gasteiger charge is -2.33. The standard InChI is InChI=1S/C15H16N4O3/c20-15(12-5-2-1-3-6-12)17-8-4-7-13(9-17)18-10-14(16-11-18)19(21)22/h1-3,5-6,10-11,13H,4,7-9H2. The molecule has 7 heteroatoms. The maximum Gasteiger partial charge on any atom is 0.381 e. The van der Waals surface area contributed by atoms with Gasteiger partial charge in [-0.05, 0) is 34.9 Å². The molecule has 1 fully saturated rings. The molecule has 0 N–H and O–H groups in total. The van der Waals surface area contributed by atoms with Gasteiger partial charge >= 0.3 is 5.82 Å². The molecule has 0 saturated carbocycles. The number of nitrogens with zero attached hydrogens (tertiary/aromatic N) is 4. The van der Waals surface area contributed by atoms with Gasteiger partial charge in [0.15, 0.2) is 0 Å². The summed E-state index contributed by atoms with van der Waals surface area (Å²) < 4.78 is 1.74. The summed E-state index contributed by atoms with van der Waals surface area (Å²) in [6.45, 7) is 1.25. The summed E-state index contributed by atoms with van der Waals surface area (Å²) in [6, 6.07) is 9.19. The molecule has 22 heavy (non-hydrogen) atoms.